The highest BCUT2D eigenvalue weighted by molar-refractivity contribution is 5.98. The molecule has 42 heavy (non-hydrogen) atoms. The van der Waals surface area contributed by atoms with Crippen molar-refractivity contribution in [3.63, 3.8) is 0 Å². The second-order valence-electron chi connectivity index (χ2n) is 10.1. The van der Waals surface area contributed by atoms with Crippen LogP contribution in [0.5, 0.6) is 0 Å². The molecular weight excluding hydrogens is 573 g/mol. The Morgan fingerprint density at radius 2 is 1.52 bits per heavy atom. The lowest BCUT2D eigenvalue weighted by Crippen LogP contribution is -2.58. The van der Waals surface area contributed by atoms with E-state index < -0.39 is 53.1 Å². The Hall–Kier alpha value is -4.33. The fourth-order valence-corrected chi connectivity index (χ4v) is 4.81. The molecule has 1 aliphatic rings. The van der Waals surface area contributed by atoms with Crippen molar-refractivity contribution >= 4 is 23.4 Å². The molecule has 7 nitrogen and oxygen atoms in total. The van der Waals surface area contributed by atoms with Crippen molar-refractivity contribution in [3.8, 4) is 0 Å². The molecule has 1 fully saturated rings. The smallest absolute Gasteiger partial charge is 0.315 e. The minimum atomic E-state index is -4.78. The van der Waals surface area contributed by atoms with Crippen molar-refractivity contribution in [3.05, 3.63) is 95.3 Å². The van der Waals surface area contributed by atoms with Crippen molar-refractivity contribution in [2.75, 3.05) is 16.8 Å². The summed E-state index contributed by atoms with van der Waals surface area (Å²) < 4.78 is 94.3. The van der Waals surface area contributed by atoms with Crippen LogP contribution in [0, 0.1) is 5.82 Å². The van der Waals surface area contributed by atoms with E-state index in [2.05, 4.69) is 5.32 Å². The summed E-state index contributed by atoms with van der Waals surface area (Å²) in [4.78, 5) is 28.8. The molecule has 4 amide bonds. The Labute approximate surface area is 235 Å². The van der Waals surface area contributed by atoms with Gasteiger partial charge >= 0.3 is 24.4 Å². The molecule has 1 aliphatic heterocycles. The highest BCUT2D eigenvalue weighted by Crippen LogP contribution is 2.40. The highest BCUT2D eigenvalue weighted by Gasteiger charge is 2.56. The Morgan fingerprint density at radius 1 is 0.929 bits per heavy atom. The molecule has 0 radical (unpaired) electrons. The van der Waals surface area contributed by atoms with Gasteiger partial charge in [0.15, 0.2) is 6.17 Å². The van der Waals surface area contributed by atoms with Gasteiger partial charge in [-0.3, -0.25) is 10.1 Å². The maximum absolute atomic E-state index is 14.3. The molecule has 1 saturated heterocycles. The molecule has 0 aromatic heterocycles. The van der Waals surface area contributed by atoms with Crippen molar-refractivity contribution in [1.82, 2.24) is 9.96 Å². The van der Waals surface area contributed by atoms with Crippen LogP contribution in [-0.4, -0.2) is 45.5 Å². The van der Waals surface area contributed by atoms with E-state index in [1.54, 1.807) is 6.07 Å². The lowest BCUT2D eigenvalue weighted by atomic mass is 9.99. The molecule has 0 saturated carbocycles. The number of hydrogen-bond donors (Lipinski definition) is 2. The van der Waals surface area contributed by atoms with E-state index in [0.717, 1.165) is 35.2 Å². The number of amides is 4. The SMILES string of the molecule is CC1(C)C(N(O)C(=O)Nc2cccc(C(F)(F)F)c2)N(c2cccc(C(F)(F)F)c2)C(=O)N1CCc1ccccc1F. The fourth-order valence-electron chi connectivity index (χ4n) is 4.81. The van der Waals surface area contributed by atoms with Gasteiger partial charge in [0.25, 0.3) is 0 Å². The predicted molar refractivity (Wildman–Crippen MR) is 138 cm³/mol. The number of urea groups is 2. The number of halogens is 7. The van der Waals surface area contributed by atoms with Gasteiger partial charge in [0, 0.05) is 17.9 Å². The monoisotopic (exact) mass is 598 g/mol. The van der Waals surface area contributed by atoms with Crippen LogP contribution in [0.2, 0.25) is 0 Å². The van der Waals surface area contributed by atoms with Crippen molar-refractivity contribution in [2.24, 2.45) is 0 Å². The van der Waals surface area contributed by atoms with Crippen LogP contribution in [0.3, 0.4) is 0 Å². The van der Waals surface area contributed by atoms with E-state index in [-0.39, 0.29) is 35.0 Å². The molecule has 1 unspecified atom stereocenters. The lowest BCUT2D eigenvalue weighted by Gasteiger charge is -2.38. The summed E-state index contributed by atoms with van der Waals surface area (Å²) in [6.45, 7) is 2.72. The van der Waals surface area contributed by atoms with Crippen molar-refractivity contribution in [2.45, 2.75) is 44.3 Å². The Bertz CT molecular complexity index is 1480. The van der Waals surface area contributed by atoms with Gasteiger partial charge in [0.2, 0.25) is 0 Å². The predicted octanol–water partition coefficient (Wildman–Crippen LogP) is 7.38. The molecule has 0 bridgehead atoms. The van der Waals surface area contributed by atoms with E-state index >= 15 is 0 Å². The molecule has 14 heteroatoms. The zero-order chi connectivity index (χ0) is 31.0. The van der Waals surface area contributed by atoms with Crippen LogP contribution in [0.15, 0.2) is 72.8 Å². The van der Waals surface area contributed by atoms with Gasteiger partial charge in [-0.25, -0.2) is 14.0 Å². The average Bonchev–Trinajstić information content (AvgIpc) is 3.11. The van der Waals surface area contributed by atoms with Crippen LogP contribution in [0.4, 0.5) is 51.7 Å². The summed E-state index contributed by atoms with van der Waals surface area (Å²) in [5, 5.41) is 13.2. The number of nitrogens with zero attached hydrogens (tertiary/aromatic N) is 3. The molecule has 4 rings (SSSR count). The minimum absolute atomic E-state index is 0.00709. The quantitative estimate of drug-likeness (QED) is 0.177. The second-order valence-corrected chi connectivity index (χ2v) is 10.1. The van der Waals surface area contributed by atoms with Gasteiger partial charge < -0.3 is 10.2 Å². The van der Waals surface area contributed by atoms with Gasteiger partial charge in [-0.2, -0.15) is 31.4 Å². The third kappa shape index (κ3) is 6.12. The Morgan fingerprint density at radius 3 is 2.14 bits per heavy atom. The summed E-state index contributed by atoms with van der Waals surface area (Å²) in [6, 6.07) is 10.7. The number of nitrogens with one attached hydrogen (secondary N) is 1. The van der Waals surface area contributed by atoms with Gasteiger partial charge in [0.1, 0.15) is 5.82 Å². The van der Waals surface area contributed by atoms with E-state index in [9.17, 15) is 45.5 Å². The van der Waals surface area contributed by atoms with E-state index in [1.807, 2.05) is 0 Å². The minimum Gasteiger partial charge on any atom is -0.315 e. The van der Waals surface area contributed by atoms with Crippen LogP contribution < -0.4 is 10.2 Å². The zero-order valence-corrected chi connectivity index (χ0v) is 22.2. The first-order chi connectivity index (χ1) is 19.5. The number of alkyl halides is 6. The Balaban J connectivity index is 1.71. The maximum atomic E-state index is 14.3. The van der Waals surface area contributed by atoms with Crippen molar-refractivity contribution < 1.29 is 45.5 Å². The summed E-state index contributed by atoms with van der Waals surface area (Å²) >= 11 is 0. The molecule has 2 N–H and O–H groups in total. The molecule has 1 atom stereocenters. The number of rotatable bonds is 6. The number of benzene rings is 3. The van der Waals surface area contributed by atoms with Crippen LogP contribution in [-0.2, 0) is 18.8 Å². The first kappa shape index (κ1) is 30.6. The number of carbonyl (C=O) groups is 2. The lowest BCUT2D eigenvalue weighted by molar-refractivity contribution is -0.138. The van der Waals surface area contributed by atoms with Crippen LogP contribution in [0.25, 0.3) is 0 Å². The van der Waals surface area contributed by atoms with E-state index in [1.165, 1.54) is 43.0 Å². The maximum Gasteiger partial charge on any atom is 0.416 e. The fraction of sp³-hybridized carbons (Fsp3) is 0.286. The van der Waals surface area contributed by atoms with Gasteiger partial charge in [-0.05, 0) is 68.3 Å². The topological polar surface area (TPSA) is 76.1 Å². The van der Waals surface area contributed by atoms with E-state index in [0.29, 0.717) is 12.1 Å². The number of hydroxylamine groups is 2. The third-order valence-corrected chi connectivity index (χ3v) is 6.90. The summed E-state index contributed by atoms with van der Waals surface area (Å²) in [7, 11) is 0. The van der Waals surface area contributed by atoms with Gasteiger partial charge in [-0.15, -0.1) is 0 Å². The molecule has 3 aromatic rings. The molecule has 0 spiro atoms. The molecule has 224 valence electrons. The first-order valence-corrected chi connectivity index (χ1v) is 12.5. The first-order valence-electron chi connectivity index (χ1n) is 12.5. The highest BCUT2D eigenvalue weighted by atomic mass is 19.4. The average molecular weight is 599 g/mol. The number of anilines is 2. The largest absolute Gasteiger partial charge is 0.416 e. The zero-order valence-electron chi connectivity index (χ0n) is 22.2. The van der Waals surface area contributed by atoms with Crippen LogP contribution in [0.1, 0.15) is 30.5 Å². The Kier molecular flexibility index (Phi) is 8.13. The standard InChI is InChI=1S/C28H25F7N4O3/c1-26(2)23(39(42)24(40)36-20-10-5-8-18(15-20)27(30,31)32)38(21-11-6-9-19(16-21)28(33,34)35)25(41)37(26)14-13-17-7-3-4-12-22(17)29/h3-12,15-16,23,42H,13-14H2,1-2H3,(H,36,40). The van der Waals surface area contributed by atoms with Gasteiger partial charge in [-0.1, -0.05) is 30.3 Å². The third-order valence-electron chi connectivity index (χ3n) is 6.90. The molecule has 0 aliphatic carbocycles. The van der Waals surface area contributed by atoms with Crippen molar-refractivity contribution in [1.29, 1.82) is 0 Å². The normalized spacial score (nSPS) is 17.0. The molecular formula is C28H25F7N4O3. The second kappa shape index (κ2) is 11.2. The summed E-state index contributed by atoms with van der Waals surface area (Å²) in [5.41, 5.74) is -4.09. The van der Waals surface area contributed by atoms with E-state index in [4.69, 9.17) is 0 Å². The number of hydrogen-bond acceptors (Lipinski definition) is 3. The van der Waals surface area contributed by atoms with Gasteiger partial charge in [0.05, 0.1) is 16.7 Å². The van der Waals surface area contributed by atoms with Crippen LogP contribution >= 0.6 is 0 Å². The molecule has 3 aromatic carbocycles. The summed E-state index contributed by atoms with van der Waals surface area (Å²) in [6.07, 6.45) is -11.2. The summed E-state index contributed by atoms with van der Waals surface area (Å²) in [5.74, 6) is -0.544. The number of carbonyl (C=O) groups excluding carboxylic acids is 2. The molecule has 1 heterocycles.